The van der Waals surface area contributed by atoms with Gasteiger partial charge in [0.15, 0.2) is 31.5 Å². The average Bonchev–Trinajstić information content (AvgIpc) is 3.17. The SMILES string of the molecule is CC(=O)N[C@@H]1[C@@H](O[C@@H]2O[C@H](CO)[C@H](O[C@@H]3O[C@H](CO)[C@H](O)[C@H](O)[C@H]3O[C@@H]3O[C@@H](C)[C@@H](O)[C@@H](O)[C@@H]3O)[C@H](O)[C@H]2O[C@@H]2O[C@@H](C)[C@@H](O)[C@@H](O)[C@@H]2O)[C@@H](O)[C@@H](CO)O[C@@H]1O. The summed E-state index contributed by atoms with van der Waals surface area (Å²) in [5.74, 6) is -0.728. The average molecular weight is 838 g/mol. The van der Waals surface area contributed by atoms with Gasteiger partial charge in [-0.1, -0.05) is 0 Å². The predicted molar refractivity (Wildman–Crippen MR) is 175 cm³/mol. The van der Waals surface area contributed by atoms with Gasteiger partial charge >= 0.3 is 0 Å². The third-order valence-electron chi connectivity index (χ3n) is 10.6. The molecule has 0 unspecified atom stereocenters. The number of hydrogen-bond donors (Lipinski definition) is 15. The first-order valence-corrected chi connectivity index (χ1v) is 18.3. The van der Waals surface area contributed by atoms with Gasteiger partial charge in [-0.25, -0.2) is 0 Å². The predicted octanol–water partition coefficient (Wildman–Crippen LogP) is -9.73. The Balaban J connectivity index is 1.48. The summed E-state index contributed by atoms with van der Waals surface area (Å²) in [7, 11) is 0. The van der Waals surface area contributed by atoms with Crippen molar-refractivity contribution >= 4 is 5.91 Å². The highest BCUT2D eigenvalue weighted by Crippen LogP contribution is 2.37. The number of amides is 1. The van der Waals surface area contributed by atoms with Gasteiger partial charge in [-0.05, 0) is 13.8 Å². The molecule has 25 heteroatoms. The Hall–Kier alpha value is -1.45. The molecule has 0 aliphatic carbocycles. The van der Waals surface area contributed by atoms with Crippen molar-refractivity contribution in [3.8, 4) is 0 Å². The topological polar surface area (TPSA) is 395 Å². The van der Waals surface area contributed by atoms with Crippen LogP contribution in [-0.2, 0) is 47.4 Å². The van der Waals surface area contributed by atoms with E-state index in [0.717, 1.165) is 6.92 Å². The molecule has 5 fully saturated rings. The molecular formula is C32H55NO24. The van der Waals surface area contributed by atoms with Crippen LogP contribution in [0.4, 0.5) is 0 Å². The van der Waals surface area contributed by atoms with Crippen molar-refractivity contribution in [2.45, 2.75) is 174 Å². The van der Waals surface area contributed by atoms with Crippen molar-refractivity contribution in [1.29, 1.82) is 0 Å². The minimum Gasteiger partial charge on any atom is -0.394 e. The first kappa shape index (κ1) is 46.6. The third-order valence-corrected chi connectivity index (χ3v) is 10.6. The number of aliphatic hydroxyl groups is 14. The Morgan fingerprint density at radius 2 is 0.877 bits per heavy atom. The molecule has 5 rings (SSSR count). The highest BCUT2D eigenvalue weighted by Gasteiger charge is 2.57. The number of carbonyl (C=O) groups excluding carboxylic acids is 1. The van der Waals surface area contributed by atoms with Gasteiger partial charge in [-0.15, -0.1) is 0 Å². The zero-order valence-electron chi connectivity index (χ0n) is 30.9. The lowest BCUT2D eigenvalue weighted by atomic mass is 9.94. The van der Waals surface area contributed by atoms with E-state index in [1.165, 1.54) is 13.8 Å². The second-order valence-electron chi connectivity index (χ2n) is 14.7. The second kappa shape index (κ2) is 19.5. The molecule has 57 heavy (non-hydrogen) atoms. The molecule has 15 N–H and O–H groups in total. The molecule has 5 heterocycles. The Kier molecular flexibility index (Phi) is 16.0. The third kappa shape index (κ3) is 9.71. The summed E-state index contributed by atoms with van der Waals surface area (Å²) in [6, 6.07) is -1.56. The number of hydrogen-bond acceptors (Lipinski definition) is 24. The minimum atomic E-state index is -2.12. The van der Waals surface area contributed by atoms with Crippen LogP contribution in [0.3, 0.4) is 0 Å². The van der Waals surface area contributed by atoms with E-state index < -0.39 is 179 Å². The molecule has 25 nitrogen and oxygen atoms in total. The van der Waals surface area contributed by atoms with Crippen molar-refractivity contribution in [2.24, 2.45) is 0 Å². The summed E-state index contributed by atoms with van der Waals surface area (Å²) in [5, 5.41) is 151. The maximum atomic E-state index is 12.1. The standard InChI is InChI=1S/C32H55NO24/c1-7-14(38)18(42)21(45)29(49-7)56-26-20(44)16(40)10(4-34)52-31(26)54-24-12(6-36)53-32(27(23(24)47)57-30-22(46)19(43)15(39)8(2)50-30)55-25-13(33-9(3)37)28(48)51-11(5-35)17(25)41/h7-8,10-32,34-36,38-48H,4-6H2,1-3H3,(H,33,37)/t7-,8-,10+,11+,12+,13+,14+,15+,16-,17-,18+,19+,20-,21-,22-,23-,24-,25+,26+,27+,28-,29-,30-,31-,32-/m0/s1. The van der Waals surface area contributed by atoms with Gasteiger partial charge < -0.3 is 119 Å². The van der Waals surface area contributed by atoms with E-state index in [9.17, 15) is 76.3 Å². The van der Waals surface area contributed by atoms with Crippen LogP contribution >= 0.6 is 0 Å². The Labute approximate surface area is 324 Å². The molecule has 332 valence electrons. The van der Waals surface area contributed by atoms with Crippen LogP contribution in [0, 0.1) is 0 Å². The van der Waals surface area contributed by atoms with Crippen LogP contribution < -0.4 is 5.32 Å². The smallest absolute Gasteiger partial charge is 0.217 e. The largest absolute Gasteiger partial charge is 0.394 e. The number of aliphatic hydroxyl groups excluding tert-OH is 14. The normalized spacial score (nSPS) is 52.3. The molecular weight excluding hydrogens is 782 g/mol. The van der Waals surface area contributed by atoms with Gasteiger partial charge in [0, 0.05) is 6.92 Å². The van der Waals surface area contributed by atoms with E-state index in [-0.39, 0.29) is 0 Å². The van der Waals surface area contributed by atoms with Crippen LogP contribution in [0.5, 0.6) is 0 Å². The van der Waals surface area contributed by atoms with Crippen molar-refractivity contribution < 1.29 is 119 Å². The molecule has 0 aromatic rings. The van der Waals surface area contributed by atoms with Crippen LogP contribution in [-0.4, -0.2) is 251 Å². The van der Waals surface area contributed by atoms with Gasteiger partial charge in [0.05, 0.1) is 32.0 Å². The fourth-order valence-corrected chi connectivity index (χ4v) is 7.28. The monoisotopic (exact) mass is 837 g/mol. The van der Waals surface area contributed by atoms with Crippen LogP contribution in [0.25, 0.3) is 0 Å². The molecule has 0 aromatic heterocycles. The number of carbonyl (C=O) groups is 1. The molecule has 5 aliphatic rings. The van der Waals surface area contributed by atoms with Gasteiger partial charge in [0.25, 0.3) is 0 Å². The summed E-state index contributed by atoms with van der Waals surface area (Å²) in [5.41, 5.74) is 0. The van der Waals surface area contributed by atoms with Crippen molar-refractivity contribution in [1.82, 2.24) is 5.32 Å². The van der Waals surface area contributed by atoms with Gasteiger partial charge in [-0.3, -0.25) is 4.79 Å². The molecule has 0 spiro atoms. The van der Waals surface area contributed by atoms with Crippen LogP contribution in [0.2, 0.25) is 0 Å². The van der Waals surface area contributed by atoms with E-state index in [1.54, 1.807) is 0 Å². The van der Waals surface area contributed by atoms with Crippen molar-refractivity contribution in [2.75, 3.05) is 19.8 Å². The lowest BCUT2D eigenvalue weighted by Gasteiger charge is -2.51. The Morgan fingerprint density at radius 3 is 1.35 bits per heavy atom. The Morgan fingerprint density at radius 1 is 0.456 bits per heavy atom. The van der Waals surface area contributed by atoms with E-state index in [1.807, 2.05) is 0 Å². The van der Waals surface area contributed by atoms with Crippen LogP contribution in [0.15, 0.2) is 0 Å². The zero-order valence-corrected chi connectivity index (χ0v) is 30.9. The fraction of sp³-hybridized carbons (Fsp3) is 0.969. The van der Waals surface area contributed by atoms with Gasteiger partial charge in [0.1, 0.15) is 110 Å². The highest BCUT2D eigenvalue weighted by atomic mass is 16.8. The number of nitrogens with one attached hydrogen (secondary N) is 1. The highest BCUT2D eigenvalue weighted by molar-refractivity contribution is 5.73. The molecule has 25 atom stereocenters. The molecule has 0 radical (unpaired) electrons. The molecule has 5 saturated heterocycles. The summed E-state index contributed by atoms with van der Waals surface area (Å²) in [6.07, 6.45) is -42.5. The quantitative estimate of drug-likeness (QED) is 0.0867. The molecule has 5 aliphatic heterocycles. The summed E-state index contributed by atoms with van der Waals surface area (Å²) in [6.45, 7) is 0.967. The van der Waals surface area contributed by atoms with Gasteiger partial charge in [0.2, 0.25) is 5.91 Å². The fourth-order valence-electron chi connectivity index (χ4n) is 7.28. The maximum Gasteiger partial charge on any atom is 0.217 e. The van der Waals surface area contributed by atoms with Crippen LogP contribution in [0.1, 0.15) is 20.8 Å². The molecule has 0 saturated carbocycles. The van der Waals surface area contributed by atoms with E-state index in [0.29, 0.717) is 0 Å². The zero-order chi connectivity index (χ0) is 42.2. The van der Waals surface area contributed by atoms with Gasteiger partial charge in [-0.2, -0.15) is 0 Å². The summed E-state index contributed by atoms with van der Waals surface area (Å²) < 4.78 is 51.5. The Bertz CT molecular complexity index is 1290. The van der Waals surface area contributed by atoms with E-state index in [4.69, 9.17) is 42.6 Å². The first-order valence-electron chi connectivity index (χ1n) is 18.3. The van der Waals surface area contributed by atoms with E-state index >= 15 is 0 Å². The summed E-state index contributed by atoms with van der Waals surface area (Å²) in [4.78, 5) is 12.1. The first-order chi connectivity index (χ1) is 26.8. The summed E-state index contributed by atoms with van der Waals surface area (Å²) >= 11 is 0. The molecule has 1 amide bonds. The molecule has 0 bridgehead atoms. The lowest BCUT2D eigenvalue weighted by Crippen LogP contribution is -2.70. The van der Waals surface area contributed by atoms with Crippen molar-refractivity contribution in [3.63, 3.8) is 0 Å². The number of rotatable bonds is 12. The lowest BCUT2D eigenvalue weighted by molar-refractivity contribution is -0.405. The maximum absolute atomic E-state index is 12.1. The van der Waals surface area contributed by atoms with Crippen molar-refractivity contribution in [3.05, 3.63) is 0 Å². The number of ether oxygens (including phenoxy) is 9. The second-order valence-corrected chi connectivity index (χ2v) is 14.7. The molecule has 0 aromatic carbocycles. The minimum absolute atomic E-state index is 0.728. The van der Waals surface area contributed by atoms with E-state index in [2.05, 4.69) is 5.32 Å².